The van der Waals surface area contributed by atoms with Gasteiger partial charge in [-0.3, -0.25) is 0 Å². The molecule has 2 heterocycles. The van der Waals surface area contributed by atoms with Crippen LogP contribution in [0.1, 0.15) is 70.6 Å². The Morgan fingerprint density at radius 1 is 0.629 bits per heavy atom. The molecule has 6 atom stereocenters. The maximum absolute atomic E-state index is 5.79. The highest BCUT2D eigenvalue weighted by Gasteiger charge is 2.37. The number of nitrogens with zero attached hydrogens (tertiary/aromatic N) is 2. The van der Waals surface area contributed by atoms with Gasteiger partial charge in [-0.2, -0.15) is 0 Å². The number of hydrogen-bond donors (Lipinski definition) is 2. The minimum Gasteiger partial charge on any atom is -0.359 e. The van der Waals surface area contributed by atoms with Crippen LogP contribution in [0.15, 0.2) is 24.3 Å². The lowest BCUT2D eigenvalue weighted by atomic mass is 9.87. The van der Waals surface area contributed by atoms with E-state index in [4.69, 9.17) is 24.4 Å². The molecule has 2 N–H and O–H groups in total. The van der Waals surface area contributed by atoms with Crippen molar-refractivity contribution in [2.45, 2.75) is 82.7 Å². The zero-order valence-corrected chi connectivity index (χ0v) is 22.9. The van der Waals surface area contributed by atoms with Gasteiger partial charge < -0.3 is 20.4 Å². The summed E-state index contributed by atoms with van der Waals surface area (Å²) in [6.45, 7) is 4.59. The fourth-order valence-electron chi connectivity index (χ4n) is 7.94. The summed E-state index contributed by atoms with van der Waals surface area (Å²) in [5, 5.41) is 9.45. The van der Waals surface area contributed by atoms with Crippen LogP contribution in [0.25, 0.3) is 0 Å². The second-order valence-electron chi connectivity index (χ2n) is 12.5. The van der Waals surface area contributed by atoms with Gasteiger partial charge in [0.15, 0.2) is 10.2 Å². The van der Waals surface area contributed by atoms with Crippen molar-refractivity contribution in [1.29, 1.82) is 0 Å². The standard InChI is InChI=1S/C29H44N4S2/c34-28(30-26-18-22-4-6-24(26)16-22)32-12-8-20(9-13-32)2-1-3-21-10-14-33(15-11-21)29(35)31-27-19-23-5-7-25(27)17-23/h4-7,20-27H,1-3,8-19H2,(H,30,34)(H,31,35). The average Bonchev–Trinajstić information content (AvgIpc) is 3.68. The number of rotatable bonds is 6. The highest BCUT2D eigenvalue weighted by atomic mass is 32.1. The molecule has 4 nitrogen and oxygen atoms in total. The predicted octanol–water partition coefficient (Wildman–Crippen LogP) is 5.26. The second-order valence-corrected chi connectivity index (χ2v) is 13.2. The van der Waals surface area contributed by atoms with Crippen molar-refractivity contribution in [1.82, 2.24) is 20.4 Å². The summed E-state index contributed by atoms with van der Waals surface area (Å²) < 4.78 is 0. The van der Waals surface area contributed by atoms with Crippen molar-refractivity contribution in [2.24, 2.45) is 35.5 Å². The highest BCUT2D eigenvalue weighted by molar-refractivity contribution is 7.80. The Morgan fingerprint density at radius 2 is 1.06 bits per heavy atom. The van der Waals surface area contributed by atoms with Crippen LogP contribution in [-0.2, 0) is 0 Å². The maximum Gasteiger partial charge on any atom is 0.169 e. The summed E-state index contributed by atoms with van der Waals surface area (Å²) in [5.74, 6) is 4.83. The molecule has 0 aromatic rings. The number of fused-ring (bicyclic) bond motifs is 4. The molecule has 0 aromatic carbocycles. The molecule has 4 fully saturated rings. The van der Waals surface area contributed by atoms with E-state index in [2.05, 4.69) is 44.7 Å². The highest BCUT2D eigenvalue weighted by Crippen LogP contribution is 2.40. The largest absolute Gasteiger partial charge is 0.359 e. The van der Waals surface area contributed by atoms with E-state index in [0.29, 0.717) is 23.9 Å². The molecule has 4 bridgehead atoms. The van der Waals surface area contributed by atoms with Crippen molar-refractivity contribution < 1.29 is 0 Å². The Morgan fingerprint density at radius 3 is 1.40 bits per heavy atom. The molecular weight excluding hydrogens is 468 g/mol. The molecule has 6 rings (SSSR count). The Balaban J connectivity index is 0.835. The fraction of sp³-hybridized carbons (Fsp3) is 0.793. The molecule has 0 aromatic heterocycles. The monoisotopic (exact) mass is 512 g/mol. The normalized spacial score (nSPS) is 36.3. The van der Waals surface area contributed by atoms with E-state index in [-0.39, 0.29) is 0 Å². The zero-order valence-electron chi connectivity index (χ0n) is 21.2. The van der Waals surface area contributed by atoms with Crippen LogP contribution < -0.4 is 10.6 Å². The van der Waals surface area contributed by atoms with Crippen molar-refractivity contribution in [3.63, 3.8) is 0 Å². The van der Waals surface area contributed by atoms with Crippen LogP contribution in [0, 0.1) is 35.5 Å². The number of nitrogens with one attached hydrogen (secondary N) is 2. The van der Waals surface area contributed by atoms with Gasteiger partial charge in [-0.15, -0.1) is 0 Å². The number of hydrogen-bond acceptors (Lipinski definition) is 2. The van der Waals surface area contributed by atoms with Gasteiger partial charge in [0.1, 0.15) is 0 Å². The number of allylic oxidation sites excluding steroid dienone is 2. The lowest BCUT2D eigenvalue weighted by Gasteiger charge is -2.37. The Hall–Kier alpha value is -1.14. The molecule has 6 aliphatic rings. The van der Waals surface area contributed by atoms with Gasteiger partial charge in [-0.25, -0.2) is 0 Å². The van der Waals surface area contributed by atoms with Gasteiger partial charge in [-0.05, 0) is 111 Å². The third-order valence-electron chi connectivity index (χ3n) is 10.2. The number of likely N-dealkylation sites (tertiary alicyclic amines) is 2. The predicted molar refractivity (Wildman–Crippen MR) is 152 cm³/mol. The van der Waals surface area contributed by atoms with Crippen molar-refractivity contribution >= 4 is 34.7 Å². The van der Waals surface area contributed by atoms with Gasteiger partial charge in [-0.1, -0.05) is 43.6 Å². The lowest BCUT2D eigenvalue weighted by Crippen LogP contribution is -2.48. The summed E-state index contributed by atoms with van der Waals surface area (Å²) in [6, 6.07) is 1.17. The number of piperidine rings is 2. The molecule has 35 heavy (non-hydrogen) atoms. The molecule has 2 saturated heterocycles. The van der Waals surface area contributed by atoms with Crippen LogP contribution in [0.2, 0.25) is 0 Å². The van der Waals surface area contributed by atoms with E-state index >= 15 is 0 Å². The van der Waals surface area contributed by atoms with Crippen LogP contribution in [0.5, 0.6) is 0 Å². The Bertz CT molecular complexity index is 772. The van der Waals surface area contributed by atoms with E-state index in [1.54, 1.807) is 0 Å². The molecule has 0 radical (unpaired) electrons. The molecule has 0 amide bonds. The van der Waals surface area contributed by atoms with E-state index in [1.165, 1.54) is 70.6 Å². The van der Waals surface area contributed by atoms with Crippen molar-refractivity contribution in [3.8, 4) is 0 Å². The molecular formula is C29H44N4S2. The lowest BCUT2D eigenvalue weighted by molar-refractivity contribution is 0.224. The first kappa shape index (κ1) is 24.2. The van der Waals surface area contributed by atoms with Gasteiger partial charge in [0.05, 0.1) is 0 Å². The smallest absolute Gasteiger partial charge is 0.169 e. The van der Waals surface area contributed by atoms with Gasteiger partial charge in [0.2, 0.25) is 0 Å². The summed E-state index contributed by atoms with van der Waals surface area (Å²) in [4.78, 5) is 4.89. The zero-order chi connectivity index (χ0) is 23.8. The quantitative estimate of drug-likeness (QED) is 0.373. The van der Waals surface area contributed by atoms with Crippen LogP contribution in [0.4, 0.5) is 0 Å². The summed E-state index contributed by atoms with van der Waals surface area (Å²) in [6.07, 6.45) is 24.3. The molecule has 2 aliphatic heterocycles. The van der Waals surface area contributed by atoms with Crippen LogP contribution in [-0.4, -0.2) is 58.3 Å². The minimum atomic E-state index is 0.585. The second kappa shape index (κ2) is 10.7. The molecule has 2 saturated carbocycles. The minimum absolute atomic E-state index is 0.585. The van der Waals surface area contributed by atoms with Crippen LogP contribution in [0.3, 0.4) is 0 Å². The first-order chi connectivity index (χ1) is 17.1. The molecule has 6 heteroatoms. The number of thiocarbonyl (C=S) groups is 2. The first-order valence-corrected chi connectivity index (χ1v) is 15.4. The molecule has 4 aliphatic carbocycles. The fourth-order valence-corrected chi connectivity index (χ4v) is 8.61. The molecule has 192 valence electrons. The average molecular weight is 513 g/mol. The van der Waals surface area contributed by atoms with Crippen LogP contribution >= 0.6 is 24.4 Å². The van der Waals surface area contributed by atoms with E-state index in [0.717, 1.165) is 60.1 Å². The third kappa shape index (κ3) is 5.58. The molecule has 6 unspecified atom stereocenters. The SMILES string of the molecule is S=C(NC1CC2C=CC1C2)N1CCC(CCCC2CCN(C(=S)NC3CC4C=CC3C4)CC2)CC1. The van der Waals surface area contributed by atoms with E-state index < -0.39 is 0 Å². The third-order valence-corrected chi connectivity index (χ3v) is 11.0. The van der Waals surface area contributed by atoms with E-state index in [1.807, 2.05) is 0 Å². The molecule has 0 spiro atoms. The van der Waals surface area contributed by atoms with Gasteiger partial charge in [0.25, 0.3) is 0 Å². The maximum atomic E-state index is 5.79. The summed E-state index contributed by atoms with van der Waals surface area (Å²) >= 11 is 11.6. The topological polar surface area (TPSA) is 30.5 Å². The Kier molecular flexibility index (Phi) is 7.39. The summed E-state index contributed by atoms with van der Waals surface area (Å²) in [5.41, 5.74) is 0. The first-order valence-electron chi connectivity index (χ1n) is 14.6. The van der Waals surface area contributed by atoms with Crippen molar-refractivity contribution in [3.05, 3.63) is 24.3 Å². The van der Waals surface area contributed by atoms with Gasteiger partial charge >= 0.3 is 0 Å². The van der Waals surface area contributed by atoms with E-state index in [9.17, 15) is 0 Å². The Labute approximate surface area is 223 Å². The summed E-state index contributed by atoms with van der Waals surface area (Å²) in [7, 11) is 0. The van der Waals surface area contributed by atoms with Gasteiger partial charge in [0, 0.05) is 38.3 Å². The van der Waals surface area contributed by atoms with Crippen molar-refractivity contribution in [2.75, 3.05) is 26.2 Å².